The second-order valence-electron chi connectivity index (χ2n) is 7.17. The molecule has 4 rings (SSSR count). The number of carbonyl (C=O) groups is 1. The molecule has 1 aromatic carbocycles. The van der Waals surface area contributed by atoms with Crippen molar-refractivity contribution in [3.63, 3.8) is 0 Å². The molecule has 6 heteroatoms. The Morgan fingerprint density at radius 3 is 2.68 bits per heavy atom. The lowest BCUT2D eigenvalue weighted by Crippen LogP contribution is -2.41. The first-order chi connectivity index (χ1) is 13.6. The molecule has 0 N–H and O–H groups in total. The topological polar surface area (TPSA) is 68.5 Å². The molecule has 0 radical (unpaired) electrons. The van der Waals surface area contributed by atoms with Crippen LogP contribution in [0.15, 0.2) is 53.3 Å². The number of nitrogens with zero attached hydrogens (tertiary/aromatic N) is 3. The van der Waals surface area contributed by atoms with E-state index in [4.69, 9.17) is 9.26 Å². The molecule has 0 aliphatic carbocycles. The molecule has 1 amide bonds. The second-order valence-corrected chi connectivity index (χ2v) is 7.17. The van der Waals surface area contributed by atoms with Crippen molar-refractivity contribution in [3.8, 4) is 17.1 Å². The molecule has 0 unspecified atom stereocenters. The minimum absolute atomic E-state index is 0.108. The number of hydrogen-bond acceptors (Lipinski definition) is 5. The minimum atomic E-state index is -0.108. The van der Waals surface area contributed by atoms with Gasteiger partial charge in [-0.05, 0) is 49.2 Å². The van der Waals surface area contributed by atoms with E-state index in [9.17, 15) is 4.79 Å². The lowest BCUT2D eigenvalue weighted by atomic mass is 10.1. The number of hydrogen-bond donors (Lipinski definition) is 0. The molecule has 2 aromatic heterocycles. The predicted molar refractivity (Wildman–Crippen MR) is 105 cm³/mol. The Morgan fingerprint density at radius 2 is 1.96 bits per heavy atom. The minimum Gasteiger partial charge on any atom is -0.490 e. The van der Waals surface area contributed by atoms with Crippen LogP contribution in [0.3, 0.4) is 0 Å². The van der Waals surface area contributed by atoms with E-state index >= 15 is 0 Å². The first-order valence-corrected chi connectivity index (χ1v) is 9.50. The first-order valence-electron chi connectivity index (χ1n) is 9.50. The molecule has 3 aromatic rings. The molecule has 0 spiro atoms. The maximum atomic E-state index is 12.7. The van der Waals surface area contributed by atoms with Crippen molar-refractivity contribution in [3.05, 3.63) is 65.6 Å². The Morgan fingerprint density at radius 1 is 1.14 bits per heavy atom. The molecular weight excluding hydrogens is 354 g/mol. The molecule has 144 valence electrons. The highest BCUT2D eigenvalue weighted by Gasteiger charge is 2.27. The molecule has 1 aliphatic rings. The normalized spacial score (nSPS) is 14.9. The summed E-state index contributed by atoms with van der Waals surface area (Å²) in [6, 6.07) is 11.5. The molecule has 6 nitrogen and oxygen atoms in total. The van der Waals surface area contributed by atoms with Gasteiger partial charge in [0.2, 0.25) is 0 Å². The summed E-state index contributed by atoms with van der Waals surface area (Å²) in [6.07, 6.45) is 5.09. The van der Waals surface area contributed by atoms with Crippen molar-refractivity contribution < 1.29 is 14.1 Å². The molecule has 1 saturated heterocycles. The van der Waals surface area contributed by atoms with Crippen LogP contribution >= 0.6 is 0 Å². The van der Waals surface area contributed by atoms with Gasteiger partial charge in [0.05, 0.1) is 0 Å². The zero-order valence-electron chi connectivity index (χ0n) is 16.1. The number of pyridine rings is 1. The molecule has 3 heterocycles. The van der Waals surface area contributed by atoms with Crippen LogP contribution in [0.4, 0.5) is 0 Å². The summed E-state index contributed by atoms with van der Waals surface area (Å²) in [5, 5.41) is 3.95. The molecule has 0 saturated carbocycles. The van der Waals surface area contributed by atoms with Gasteiger partial charge in [0.25, 0.3) is 5.91 Å². The molecule has 0 bridgehead atoms. The number of rotatable bonds is 4. The number of ether oxygens (including phenoxy) is 1. The fraction of sp³-hybridized carbons (Fsp3) is 0.318. The SMILES string of the molecule is Cc1ccc(OC2CCN(C(=O)c3cc(-c4cccnc4)on3)CC2)cc1C. The zero-order chi connectivity index (χ0) is 19.5. The van der Waals surface area contributed by atoms with Gasteiger partial charge in [-0.3, -0.25) is 9.78 Å². The van der Waals surface area contributed by atoms with Crippen LogP contribution in [0.2, 0.25) is 0 Å². The molecule has 0 atom stereocenters. The van der Waals surface area contributed by atoms with Crippen molar-refractivity contribution in [1.29, 1.82) is 0 Å². The maximum absolute atomic E-state index is 12.7. The van der Waals surface area contributed by atoms with Gasteiger partial charge >= 0.3 is 0 Å². The van der Waals surface area contributed by atoms with Crippen LogP contribution in [-0.4, -0.2) is 40.1 Å². The Balaban J connectivity index is 1.35. The Hall–Kier alpha value is -3.15. The number of amides is 1. The Kier molecular flexibility index (Phi) is 5.10. The van der Waals surface area contributed by atoms with E-state index in [1.165, 1.54) is 11.1 Å². The zero-order valence-corrected chi connectivity index (χ0v) is 16.1. The largest absolute Gasteiger partial charge is 0.490 e. The van der Waals surface area contributed by atoms with Gasteiger partial charge in [-0.15, -0.1) is 0 Å². The molecular formula is C22H23N3O3. The number of aromatic nitrogens is 2. The lowest BCUT2D eigenvalue weighted by molar-refractivity contribution is 0.0586. The highest BCUT2D eigenvalue weighted by atomic mass is 16.5. The van der Waals surface area contributed by atoms with E-state index in [1.807, 2.05) is 23.1 Å². The number of carbonyl (C=O) groups excluding carboxylic acids is 1. The van der Waals surface area contributed by atoms with Crippen molar-refractivity contribution in [2.75, 3.05) is 13.1 Å². The van der Waals surface area contributed by atoms with Crippen molar-refractivity contribution in [2.45, 2.75) is 32.8 Å². The summed E-state index contributed by atoms with van der Waals surface area (Å²) in [5.41, 5.74) is 3.61. The van der Waals surface area contributed by atoms with Gasteiger partial charge < -0.3 is 14.2 Å². The monoisotopic (exact) mass is 377 g/mol. The number of benzene rings is 1. The highest BCUT2D eigenvalue weighted by Crippen LogP contribution is 2.24. The summed E-state index contributed by atoms with van der Waals surface area (Å²) in [7, 11) is 0. The fourth-order valence-electron chi connectivity index (χ4n) is 3.34. The van der Waals surface area contributed by atoms with E-state index in [-0.39, 0.29) is 12.0 Å². The summed E-state index contributed by atoms with van der Waals surface area (Å²) >= 11 is 0. The van der Waals surface area contributed by atoms with Crippen LogP contribution in [0, 0.1) is 13.8 Å². The van der Waals surface area contributed by atoms with Crippen LogP contribution in [0.25, 0.3) is 11.3 Å². The average molecular weight is 377 g/mol. The number of aryl methyl sites for hydroxylation is 2. The maximum Gasteiger partial charge on any atom is 0.276 e. The van der Waals surface area contributed by atoms with Crippen molar-refractivity contribution >= 4 is 5.91 Å². The second kappa shape index (κ2) is 7.84. The number of likely N-dealkylation sites (tertiary alicyclic amines) is 1. The smallest absolute Gasteiger partial charge is 0.276 e. The van der Waals surface area contributed by atoms with Crippen LogP contribution < -0.4 is 4.74 Å². The van der Waals surface area contributed by atoms with E-state index in [0.29, 0.717) is 24.5 Å². The predicted octanol–water partition coefficient (Wildman–Crippen LogP) is 4.04. The molecule has 1 aliphatic heterocycles. The quantitative estimate of drug-likeness (QED) is 0.686. The van der Waals surface area contributed by atoms with E-state index in [1.54, 1.807) is 18.5 Å². The van der Waals surface area contributed by atoms with E-state index in [0.717, 1.165) is 24.2 Å². The average Bonchev–Trinajstić information content (AvgIpc) is 3.22. The summed E-state index contributed by atoms with van der Waals surface area (Å²) in [6.45, 7) is 5.46. The third-order valence-corrected chi connectivity index (χ3v) is 5.19. The standard InChI is InChI=1S/C22H23N3O3/c1-15-5-6-19(12-16(15)2)27-18-7-10-25(11-8-18)22(26)20-13-21(28-24-20)17-4-3-9-23-14-17/h3-6,9,12-14,18H,7-8,10-11H2,1-2H3. The van der Waals surface area contributed by atoms with Gasteiger partial charge in [0.15, 0.2) is 11.5 Å². The first kappa shape index (κ1) is 18.2. The molecule has 1 fully saturated rings. The van der Waals surface area contributed by atoms with Gasteiger partial charge in [0, 0.05) is 50.0 Å². The van der Waals surface area contributed by atoms with Gasteiger partial charge in [-0.1, -0.05) is 11.2 Å². The summed E-state index contributed by atoms with van der Waals surface area (Å²) < 4.78 is 11.4. The van der Waals surface area contributed by atoms with E-state index < -0.39 is 0 Å². The summed E-state index contributed by atoms with van der Waals surface area (Å²) in [5.74, 6) is 1.33. The third kappa shape index (κ3) is 3.91. The Bertz CT molecular complexity index is 960. The van der Waals surface area contributed by atoms with E-state index in [2.05, 4.69) is 36.1 Å². The van der Waals surface area contributed by atoms with Crippen LogP contribution in [-0.2, 0) is 0 Å². The van der Waals surface area contributed by atoms with Gasteiger partial charge in [0.1, 0.15) is 11.9 Å². The summed E-state index contributed by atoms with van der Waals surface area (Å²) in [4.78, 5) is 18.6. The lowest BCUT2D eigenvalue weighted by Gasteiger charge is -2.31. The van der Waals surface area contributed by atoms with Gasteiger partial charge in [-0.2, -0.15) is 0 Å². The van der Waals surface area contributed by atoms with Crippen LogP contribution in [0.5, 0.6) is 5.75 Å². The van der Waals surface area contributed by atoms with Crippen molar-refractivity contribution in [1.82, 2.24) is 15.0 Å². The molecule has 28 heavy (non-hydrogen) atoms. The van der Waals surface area contributed by atoms with Crippen LogP contribution in [0.1, 0.15) is 34.5 Å². The third-order valence-electron chi connectivity index (χ3n) is 5.19. The van der Waals surface area contributed by atoms with Crippen molar-refractivity contribution in [2.24, 2.45) is 0 Å². The number of piperidine rings is 1. The fourth-order valence-corrected chi connectivity index (χ4v) is 3.34. The highest BCUT2D eigenvalue weighted by molar-refractivity contribution is 5.93. The Labute approximate surface area is 164 Å². The van der Waals surface area contributed by atoms with Gasteiger partial charge in [-0.25, -0.2) is 0 Å².